The van der Waals surface area contributed by atoms with Crippen LogP contribution in [0.1, 0.15) is 30.1 Å². The van der Waals surface area contributed by atoms with Crippen molar-refractivity contribution >= 4 is 29.3 Å². The SMILES string of the molecule is CCOC(=O)N1CCN(c2ccc(NC(=O)C3CC3)c(C(=O)O)c2)CC1. The van der Waals surface area contributed by atoms with E-state index in [0.717, 1.165) is 18.5 Å². The first kappa shape index (κ1) is 18.0. The molecule has 0 bridgehead atoms. The highest BCUT2D eigenvalue weighted by atomic mass is 16.6. The third kappa shape index (κ3) is 4.07. The van der Waals surface area contributed by atoms with Crippen LogP contribution >= 0.6 is 0 Å². The molecule has 1 heterocycles. The summed E-state index contributed by atoms with van der Waals surface area (Å²) in [5.41, 5.74) is 1.16. The van der Waals surface area contributed by atoms with Crippen LogP contribution in [0.5, 0.6) is 0 Å². The van der Waals surface area contributed by atoms with Gasteiger partial charge in [0.15, 0.2) is 0 Å². The highest BCUT2D eigenvalue weighted by Crippen LogP contribution is 2.31. The van der Waals surface area contributed by atoms with Crippen molar-refractivity contribution in [2.75, 3.05) is 43.0 Å². The van der Waals surface area contributed by atoms with Crippen LogP contribution in [-0.4, -0.2) is 60.8 Å². The van der Waals surface area contributed by atoms with Crippen LogP contribution in [0.3, 0.4) is 0 Å². The Morgan fingerprint density at radius 2 is 1.88 bits per heavy atom. The maximum Gasteiger partial charge on any atom is 0.409 e. The fourth-order valence-electron chi connectivity index (χ4n) is 2.96. The summed E-state index contributed by atoms with van der Waals surface area (Å²) in [6.45, 7) is 4.32. The smallest absolute Gasteiger partial charge is 0.409 e. The fourth-order valence-corrected chi connectivity index (χ4v) is 2.96. The third-order valence-corrected chi connectivity index (χ3v) is 4.61. The molecule has 2 aliphatic rings. The molecule has 0 unspecified atom stereocenters. The summed E-state index contributed by atoms with van der Waals surface area (Å²) < 4.78 is 5.00. The van der Waals surface area contributed by atoms with E-state index in [9.17, 15) is 19.5 Å². The van der Waals surface area contributed by atoms with Gasteiger partial charge in [0.05, 0.1) is 17.9 Å². The standard InChI is InChI=1S/C18H23N3O5/c1-2-26-18(25)21-9-7-20(8-10-21)13-5-6-15(14(11-13)17(23)24)19-16(22)12-3-4-12/h5-6,11-12H,2-4,7-10H2,1H3,(H,19,22)(H,23,24). The summed E-state index contributed by atoms with van der Waals surface area (Å²) in [5, 5.41) is 12.2. The lowest BCUT2D eigenvalue weighted by Crippen LogP contribution is -2.49. The molecule has 1 aromatic rings. The Morgan fingerprint density at radius 3 is 2.46 bits per heavy atom. The van der Waals surface area contributed by atoms with E-state index in [0.29, 0.717) is 38.5 Å². The Hall–Kier alpha value is -2.77. The summed E-state index contributed by atoms with van der Waals surface area (Å²) >= 11 is 0. The summed E-state index contributed by atoms with van der Waals surface area (Å²) in [6.07, 6.45) is 1.39. The van der Waals surface area contributed by atoms with Crippen LogP contribution < -0.4 is 10.2 Å². The van der Waals surface area contributed by atoms with Crippen molar-refractivity contribution in [2.45, 2.75) is 19.8 Å². The number of rotatable bonds is 5. The number of benzene rings is 1. The number of ether oxygens (including phenoxy) is 1. The van der Waals surface area contributed by atoms with E-state index in [4.69, 9.17) is 4.74 Å². The van der Waals surface area contributed by atoms with Gasteiger partial charge < -0.3 is 25.0 Å². The van der Waals surface area contributed by atoms with Gasteiger partial charge in [-0.05, 0) is 38.0 Å². The lowest BCUT2D eigenvalue weighted by molar-refractivity contribution is -0.117. The van der Waals surface area contributed by atoms with E-state index < -0.39 is 5.97 Å². The largest absolute Gasteiger partial charge is 0.478 e. The number of nitrogens with one attached hydrogen (secondary N) is 1. The van der Waals surface area contributed by atoms with E-state index in [-0.39, 0.29) is 23.5 Å². The summed E-state index contributed by atoms with van der Waals surface area (Å²) in [4.78, 5) is 38.9. The van der Waals surface area contributed by atoms with Gasteiger partial charge in [0.1, 0.15) is 0 Å². The molecule has 1 saturated carbocycles. The molecule has 3 rings (SSSR count). The molecular weight excluding hydrogens is 338 g/mol. The van der Waals surface area contributed by atoms with Crippen LogP contribution in [-0.2, 0) is 9.53 Å². The Kier molecular flexibility index (Phi) is 5.29. The highest BCUT2D eigenvalue weighted by Gasteiger charge is 2.30. The zero-order chi connectivity index (χ0) is 18.7. The number of carbonyl (C=O) groups is 3. The van der Waals surface area contributed by atoms with Gasteiger partial charge in [0, 0.05) is 37.8 Å². The second kappa shape index (κ2) is 7.63. The molecule has 0 atom stereocenters. The van der Waals surface area contributed by atoms with Crippen molar-refractivity contribution in [2.24, 2.45) is 5.92 Å². The molecule has 0 spiro atoms. The van der Waals surface area contributed by atoms with Crippen LogP contribution in [0.2, 0.25) is 0 Å². The topological polar surface area (TPSA) is 99.2 Å². The zero-order valence-electron chi connectivity index (χ0n) is 14.7. The first-order valence-corrected chi connectivity index (χ1v) is 8.84. The van der Waals surface area contributed by atoms with Gasteiger partial charge >= 0.3 is 12.1 Å². The highest BCUT2D eigenvalue weighted by molar-refractivity contribution is 6.02. The number of aromatic carboxylic acids is 1. The third-order valence-electron chi connectivity index (χ3n) is 4.61. The molecule has 2 N–H and O–H groups in total. The minimum Gasteiger partial charge on any atom is -0.478 e. The Labute approximate surface area is 151 Å². The Morgan fingerprint density at radius 1 is 1.19 bits per heavy atom. The lowest BCUT2D eigenvalue weighted by Gasteiger charge is -2.35. The van der Waals surface area contributed by atoms with Gasteiger partial charge in [0.25, 0.3) is 0 Å². The summed E-state index contributed by atoms with van der Waals surface area (Å²) in [5.74, 6) is -1.20. The van der Waals surface area contributed by atoms with E-state index in [2.05, 4.69) is 5.32 Å². The molecule has 140 valence electrons. The predicted molar refractivity (Wildman–Crippen MR) is 95.6 cm³/mol. The first-order valence-electron chi connectivity index (χ1n) is 8.84. The van der Waals surface area contributed by atoms with Crippen molar-refractivity contribution in [3.05, 3.63) is 23.8 Å². The Bertz CT molecular complexity index is 709. The molecule has 1 aliphatic carbocycles. The van der Waals surface area contributed by atoms with Crippen LogP contribution in [0.4, 0.5) is 16.2 Å². The molecule has 0 aromatic heterocycles. The first-order chi connectivity index (χ1) is 12.5. The van der Waals surface area contributed by atoms with E-state index >= 15 is 0 Å². The van der Waals surface area contributed by atoms with E-state index in [1.165, 1.54) is 0 Å². The number of carboxylic acid groups (broad SMARTS) is 1. The predicted octanol–water partition coefficient (Wildman–Crippen LogP) is 2.01. The number of carbonyl (C=O) groups excluding carboxylic acids is 2. The molecule has 8 nitrogen and oxygen atoms in total. The van der Waals surface area contributed by atoms with Crippen molar-refractivity contribution in [1.82, 2.24) is 4.90 Å². The van der Waals surface area contributed by atoms with Crippen LogP contribution in [0.25, 0.3) is 0 Å². The van der Waals surface area contributed by atoms with E-state index in [1.807, 2.05) is 4.90 Å². The quantitative estimate of drug-likeness (QED) is 0.832. The molecule has 2 amide bonds. The second-order valence-corrected chi connectivity index (χ2v) is 6.47. The Balaban J connectivity index is 1.69. The van der Waals surface area contributed by atoms with Gasteiger partial charge in [-0.3, -0.25) is 4.79 Å². The maximum absolute atomic E-state index is 11.9. The molecular formula is C18H23N3O5. The average molecular weight is 361 g/mol. The average Bonchev–Trinajstić information content (AvgIpc) is 3.47. The van der Waals surface area contributed by atoms with Crippen molar-refractivity contribution in [3.63, 3.8) is 0 Å². The number of anilines is 2. The molecule has 0 radical (unpaired) electrons. The number of amides is 2. The molecule has 2 fully saturated rings. The molecule has 8 heteroatoms. The van der Waals surface area contributed by atoms with Crippen molar-refractivity contribution in [3.8, 4) is 0 Å². The van der Waals surface area contributed by atoms with Gasteiger partial charge in [-0.15, -0.1) is 0 Å². The maximum atomic E-state index is 11.9. The number of nitrogens with zero attached hydrogens (tertiary/aromatic N) is 2. The molecule has 1 saturated heterocycles. The van der Waals surface area contributed by atoms with Crippen molar-refractivity contribution < 1.29 is 24.2 Å². The van der Waals surface area contributed by atoms with Crippen molar-refractivity contribution in [1.29, 1.82) is 0 Å². The van der Waals surface area contributed by atoms with E-state index in [1.54, 1.807) is 30.0 Å². The fraction of sp³-hybridized carbons (Fsp3) is 0.500. The molecule has 1 aromatic carbocycles. The van der Waals surface area contributed by atoms with Crippen LogP contribution in [0.15, 0.2) is 18.2 Å². The van der Waals surface area contributed by atoms with Crippen LogP contribution in [0, 0.1) is 5.92 Å². The minimum atomic E-state index is -1.08. The zero-order valence-corrected chi connectivity index (χ0v) is 14.7. The van der Waals surface area contributed by atoms with Gasteiger partial charge in [-0.25, -0.2) is 9.59 Å². The second-order valence-electron chi connectivity index (χ2n) is 6.47. The number of carboxylic acids is 1. The normalized spacial score (nSPS) is 17.0. The summed E-state index contributed by atoms with van der Waals surface area (Å²) in [6, 6.07) is 5.01. The number of hydrogen-bond acceptors (Lipinski definition) is 5. The monoisotopic (exact) mass is 361 g/mol. The number of hydrogen-bond donors (Lipinski definition) is 2. The lowest BCUT2D eigenvalue weighted by atomic mass is 10.1. The number of piperazine rings is 1. The van der Waals surface area contributed by atoms with Gasteiger partial charge in [0.2, 0.25) is 5.91 Å². The molecule has 1 aliphatic heterocycles. The minimum absolute atomic E-state index is 0.00674. The van der Waals surface area contributed by atoms with Gasteiger partial charge in [-0.1, -0.05) is 0 Å². The van der Waals surface area contributed by atoms with Gasteiger partial charge in [-0.2, -0.15) is 0 Å². The summed E-state index contributed by atoms with van der Waals surface area (Å²) in [7, 11) is 0. The molecule has 26 heavy (non-hydrogen) atoms.